The van der Waals surface area contributed by atoms with Crippen LogP contribution in [0.5, 0.6) is 11.5 Å². The van der Waals surface area contributed by atoms with Gasteiger partial charge in [0.05, 0.1) is 15.9 Å². The number of nitrogens with one attached hydrogen (secondary N) is 1. The first-order valence-electron chi connectivity index (χ1n) is 11.7. The minimum atomic E-state index is -3.73. The summed E-state index contributed by atoms with van der Waals surface area (Å²) < 4.78 is 39.6. The van der Waals surface area contributed by atoms with Crippen LogP contribution < -0.4 is 9.47 Å². The van der Waals surface area contributed by atoms with Crippen molar-refractivity contribution in [2.45, 2.75) is 11.0 Å². The van der Waals surface area contributed by atoms with E-state index in [0.29, 0.717) is 28.4 Å². The van der Waals surface area contributed by atoms with Gasteiger partial charge in [-0.15, -0.1) is 0 Å². The average molecular weight is 505 g/mol. The molecule has 6 rings (SSSR count). The number of hydrogen-bond acceptors (Lipinski definition) is 6. The van der Waals surface area contributed by atoms with Crippen molar-refractivity contribution in [2.24, 2.45) is 0 Å². The number of carbonyl (C=O) groups excluding carboxylic acids is 1. The Hall–Kier alpha value is -3.89. The zero-order chi connectivity index (χ0) is 24.7. The van der Waals surface area contributed by atoms with Gasteiger partial charge in [-0.2, -0.15) is 4.31 Å². The minimum Gasteiger partial charge on any atom is -0.485 e. The van der Waals surface area contributed by atoms with Gasteiger partial charge in [-0.3, -0.25) is 4.79 Å². The van der Waals surface area contributed by atoms with E-state index in [9.17, 15) is 13.2 Å². The number of rotatable bonds is 4. The van der Waals surface area contributed by atoms with Crippen molar-refractivity contribution < 1.29 is 22.7 Å². The number of aromatic nitrogens is 2. The Morgan fingerprint density at radius 1 is 0.917 bits per heavy atom. The molecule has 10 heteroatoms. The van der Waals surface area contributed by atoms with Crippen LogP contribution in [0.1, 0.15) is 0 Å². The highest BCUT2D eigenvalue weighted by molar-refractivity contribution is 7.89. The number of ether oxygens (including phenoxy) is 2. The van der Waals surface area contributed by atoms with Crippen molar-refractivity contribution in [3.05, 3.63) is 72.8 Å². The summed E-state index contributed by atoms with van der Waals surface area (Å²) in [4.78, 5) is 22.6. The van der Waals surface area contributed by atoms with E-state index < -0.39 is 16.1 Å². The first-order valence-corrected chi connectivity index (χ1v) is 13.2. The van der Waals surface area contributed by atoms with Gasteiger partial charge in [-0.05, 0) is 30.3 Å². The molecule has 1 atom stereocenters. The number of carbonyl (C=O) groups is 1. The molecule has 1 saturated heterocycles. The number of para-hydroxylation sites is 2. The van der Waals surface area contributed by atoms with E-state index >= 15 is 0 Å². The molecule has 3 heterocycles. The Balaban J connectivity index is 1.14. The maximum atomic E-state index is 13.4. The highest BCUT2D eigenvalue weighted by atomic mass is 32.2. The molecule has 0 saturated carbocycles. The molecule has 3 aromatic carbocycles. The second kappa shape index (κ2) is 8.96. The van der Waals surface area contributed by atoms with Gasteiger partial charge in [-0.25, -0.2) is 13.4 Å². The van der Waals surface area contributed by atoms with E-state index in [2.05, 4.69) is 9.97 Å². The van der Waals surface area contributed by atoms with Gasteiger partial charge in [0.25, 0.3) is 5.91 Å². The number of benzene rings is 3. The second-order valence-corrected chi connectivity index (χ2v) is 10.7. The number of H-pyrrole nitrogens is 1. The SMILES string of the molecule is O=C(C1COc2ccccc2O1)N1CCN(S(=O)(=O)c2ccc3nc(-c4ccccc4)[nH]c3c2)CC1. The lowest BCUT2D eigenvalue weighted by Gasteiger charge is -2.36. The maximum Gasteiger partial charge on any atom is 0.267 e. The van der Waals surface area contributed by atoms with Crippen LogP contribution in [-0.4, -0.2) is 72.4 Å². The van der Waals surface area contributed by atoms with Gasteiger partial charge in [0, 0.05) is 31.7 Å². The Kier molecular flexibility index (Phi) is 5.62. The Morgan fingerprint density at radius 3 is 2.42 bits per heavy atom. The second-order valence-electron chi connectivity index (χ2n) is 8.72. The number of hydrogen-bond donors (Lipinski definition) is 1. The van der Waals surface area contributed by atoms with Crippen molar-refractivity contribution in [3.8, 4) is 22.9 Å². The van der Waals surface area contributed by atoms with Crippen LogP contribution in [-0.2, 0) is 14.8 Å². The summed E-state index contributed by atoms with van der Waals surface area (Å²) >= 11 is 0. The maximum absolute atomic E-state index is 13.4. The summed E-state index contributed by atoms with van der Waals surface area (Å²) in [7, 11) is -3.73. The monoisotopic (exact) mass is 504 g/mol. The predicted molar refractivity (Wildman–Crippen MR) is 133 cm³/mol. The summed E-state index contributed by atoms with van der Waals surface area (Å²) in [5.74, 6) is 1.63. The van der Waals surface area contributed by atoms with Crippen LogP contribution in [0.3, 0.4) is 0 Å². The summed E-state index contributed by atoms with van der Waals surface area (Å²) in [6.45, 7) is 1.10. The molecule has 2 aliphatic heterocycles. The summed E-state index contributed by atoms with van der Waals surface area (Å²) in [6, 6.07) is 21.8. The fraction of sp³-hybridized carbons (Fsp3) is 0.231. The molecule has 0 bridgehead atoms. The van der Waals surface area contributed by atoms with Gasteiger partial charge in [0.2, 0.25) is 16.1 Å². The molecule has 2 aliphatic rings. The summed E-state index contributed by atoms with van der Waals surface area (Å²) in [5.41, 5.74) is 2.27. The molecule has 4 aromatic rings. The lowest BCUT2D eigenvalue weighted by molar-refractivity contribution is -0.142. The third kappa shape index (κ3) is 4.08. The average Bonchev–Trinajstić information content (AvgIpc) is 3.37. The van der Waals surface area contributed by atoms with E-state index in [1.807, 2.05) is 42.5 Å². The van der Waals surface area contributed by atoms with E-state index in [0.717, 1.165) is 5.56 Å². The lowest BCUT2D eigenvalue weighted by Crippen LogP contribution is -2.55. The first kappa shape index (κ1) is 22.6. The van der Waals surface area contributed by atoms with E-state index in [4.69, 9.17) is 9.47 Å². The topological polar surface area (TPSA) is 105 Å². The van der Waals surface area contributed by atoms with Gasteiger partial charge in [-0.1, -0.05) is 42.5 Å². The quantitative estimate of drug-likeness (QED) is 0.458. The van der Waals surface area contributed by atoms with Gasteiger partial charge >= 0.3 is 0 Å². The number of imidazole rings is 1. The zero-order valence-electron chi connectivity index (χ0n) is 19.3. The van der Waals surface area contributed by atoms with Crippen LogP contribution in [0.25, 0.3) is 22.4 Å². The first-order chi connectivity index (χ1) is 17.5. The molecule has 0 radical (unpaired) electrons. The van der Waals surface area contributed by atoms with Crippen LogP contribution in [0.4, 0.5) is 0 Å². The van der Waals surface area contributed by atoms with Crippen molar-refractivity contribution in [2.75, 3.05) is 32.8 Å². The highest BCUT2D eigenvalue weighted by Gasteiger charge is 2.35. The number of amides is 1. The number of fused-ring (bicyclic) bond motifs is 2. The third-order valence-corrected chi connectivity index (χ3v) is 8.37. The minimum absolute atomic E-state index is 0.128. The molecule has 1 unspecified atom stereocenters. The molecule has 0 spiro atoms. The van der Waals surface area contributed by atoms with Gasteiger partial charge in [0.1, 0.15) is 12.4 Å². The Morgan fingerprint density at radius 2 is 1.64 bits per heavy atom. The molecule has 1 N–H and O–H groups in total. The standard InChI is InChI=1S/C26H24N4O5S/c31-26(24-17-34-22-8-4-5-9-23(22)35-24)29-12-14-30(15-13-29)36(32,33)19-10-11-20-21(16-19)28-25(27-20)18-6-2-1-3-7-18/h1-11,16,24H,12-15,17H2,(H,27,28). The predicted octanol–water partition coefficient (Wildman–Crippen LogP) is 2.90. The number of aromatic amines is 1. The fourth-order valence-electron chi connectivity index (χ4n) is 4.52. The zero-order valence-corrected chi connectivity index (χ0v) is 20.1. The molecule has 9 nitrogen and oxygen atoms in total. The number of piperazine rings is 1. The molecule has 184 valence electrons. The Bertz CT molecular complexity index is 1530. The third-order valence-electron chi connectivity index (χ3n) is 6.47. The molecule has 36 heavy (non-hydrogen) atoms. The number of nitrogens with zero attached hydrogens (tertiary/aromatic N) is 3. The molecule has 1 aromatic heterocycles. The molecular weight excluding hydrogens is 480 g/mol. The van der Waals surface area contributed by atoms with Crippen LogP contribution in [0.15, 0.2) is 77.7 Å². The van der Waals surface area contributed by atoms with Crippen molar-refractivity contribution >= 4 is 27.0 Å². The van der Waals surface area contributed by atoms with Crippen LogP contribution in [0, 0.1) is 0 Å². The molecule has 1 amide bonds. The van der Waals surface area contributed by atoms with E-state index in [1.54, 1.807) is 35.2 Å². The fourth-order valence-corrected chi connectivity index (χ4v) is 5.97. The summed E-state index contributed by atoms with van der Waals surface area (Å²) in [5, 5.41) is 0. The van der Waals surface area contributed by atoms with Crippen LogP contribution in [0.2, 0.25) is 0 Å². The van der Waals surface area contributed by atoms with E-state index in [-0.39, 0.29) is 43.6 Å². The van der Waals surface area contributed by atoms with Gasteiger partial charge < -0.3 is 19.4 Å². The molecular formula is C26H24N4O5S. The smallest absolute Gasteiger partial charge is 0.267 e. The largest absolute Gasteiger partial charge is 0.485 e. The molecule has 0 aliphatic carbocycles. The van der Waals surface area contributed by atoms with Crippen molar-refractivity contribution in [1.82, 2.24) is 19.2 Å². The molecule has 1 fully saturated rings. The van der Waals surface area contributed by atoms with Crippen LogP contribution >= 0.6 is 0 Å². The van der Waals surface area contributed by atoms with E-state index in [1.165, 1.54) is 4.31 Å². The van der Waals surface area contributed by atoms with Crippen molar-refractivity contribution in [3.63, 3.8) is 0 Å². The normalized spacial score (nSPS) is 18.3. The summed E-state index contributed by atoms with van der Waals surface area (Å²) in [6.07, 6.45) is -0.746. The number of sulfonamides is 1. The highest BCUT2D eigenvalue weighted by Crippen LogP contribution is 2.31. The van der Waals surface area contributed by atoms with Crippen molar-refractivity contribution in [1.29, 1.82) is 0 Å². The lowest BCUT2D eigenvalue weighted by atomic mass is 10.2. The Labute approximate surface area is 208 Å². The van der Waals surface area contributed by atoms with Gasteiger partial charge in [0.15, 0.2) is 11.5 Å².